The number of nitrogens with one attached hydrogen (secondary N) is 1. The molecule has 0 aliphatic heterocycles. The lowest BCUT2D eigenvalue weighted by Gasteiger charge is -2.32. The average Bonchev–Trinajstić information content (AvgIpc) is 2.07. The first kappa shape index (κ1) is 15.1. The van der Waals surface area contributed by atoms with Gasteiger partial charge in [-0.3, -0.25) is 4.79 Å². The van der Waals surface area contributed by atoms with Crippen molar-refractivity contribution in [2.45, 2.75) is 26.3 Å². The van der Waals surface area contributed by atoms with E-state index in [1.807, 2.05) is 0 Å². The highest BCUT2D eigenvalue weighted by Gasteiger charge is 2.31. The van der Waals surface area contributed by atoms with Crippen molar-refractivity contribution in [2.75, 3.05) is 19.3 Å². The van der Waals surface area contributed by atoms with Gasteiger partial charge in [0.05, 0.1) is 12.8 Å². The molecule has 6 heteroatoms. The third-order valence-corrected chi connectivity index (χ3v) is 3.36. The molecule has 0 aliphatic carbocycles. The van der Waals surface area contributed by atoms with Crippen LogP contribution < -0.4 is 5.32 Å². The quantitative estimate of drug-likeness (QED) is 0.714. The summed E-state index contributed by atoms with van der Waals surface area (Å²) >= 11 is 0. The van der Waals surface area contributed by atoms with Gasteiger partial charge in [-0.15, -0.1) is 6.58 Å². The number of sulfonamides is 1. The first-order chi connectivity index (χ1) is 7.09. The summed E-state index contributed by atoms with van der Waals surface area (Å²) in [6, 6.07) is 0. The van der Waals surface area contributed by atoms with E-state index in [9.17, 15) is 13.2 Å². The number of rotatable bonds is 5. The summed E-state index contributed by atoms with van der Waals surface area (Å²) in [6.07, 6.45) is 2.64. The second-order valence-corrected chi connectivity index (χ2v) is 6.44. The van der Waals surface area contributed by atoms with Gasteiger partial charge >= 0.3 is 0 Å². The molecule has 0 heterocycles. The summed E-state index contributed by atoms with van der Waals surface area (Å²) in [5.41, 5.74) is -0.612. The third kappa shape index (κ3) is 5.27. The van der Waals surface area contributed by atoms with Crippen LogP contribution in [0.25, 0.3) is 0 Å². The van der Waals surface area contributed by atoms with Crippen LogP contribution in [0.1, 0.15) is 20.8 Å². The SMILES string of the molecule is C=CCNC(=O)CN(C(C)(C)C)S(C)(=O)=O. The molecule has 0 aliphatic rings. The second-order valence-electron chi connectivity index (χ2n) is 4.53. The van der Waals surface area contributed by atoms with Crippen LogP contribution in [0.5, 0.6) is 0 Å². The zero-order valence-corrected chi connectivity index (χ0v) is 11.1. The van der Waals surface area contributed by atoms with Crippen molar-refractivity contribution >= 4 is 15.9 Å². The number of hydrogen-bond acceptors (Lipinski definition) is 3. The Morgan fingerprint density at radius 1 is 1.44 bits per heavy atom. The molecule has 0 aromatic carbocycles. The minimum absolute atomic E-state index is 0.170. The van der Waals surface area contributed by atoms with Gasteiger partial charge in [0.15, 0.2) is 0 Å². The van der Waals surface area contributed by atoms with E-state index in [0.29, 0.717) is 6.54 Å². The zero-order valence-electron chi connectivity index (χ0n) is 10.3. The van der Waals surface area contributed by atoms with Gasteiger partial charge in [-0.2, -0.15) is 4.31 Å². The molecule has 0 saturated carbocycles. The number of carbonyl (C=O) groups excluding carboxylic acids is 1. The maximum atomic E-state index is 11.5. The maximum absolute atomic E-state index is 11.5. The van der Waals surface area contributed by atoms with Crippen LogP contribution in [-0.4, -0.2) is 43.5 Å². The van der Waals surface area contributed by atoms with E-state index in [4.69, 9.17) is 0 Å². The lowest BCUT2D eigenvalue weighted by atomic mass is 10.1. The van der Waals surface area contributed by atoms with Gasteiger partial charge in [-0.1, -0.05) is 6.08 Å². The molecular formula is C10H20N2O3S. The first-order valence-corrected chi connectivity index (χ1v) is 6.79. The molecule has 1 N–H and O–H groups in total. The molecule has 0 radical (unpaired) electrons. The fourth-order valence-corrected chi connectivity index (χ4v) is 2.57. The van der Waals surface area contributed by atoms with Crippen molar-refractivity contribution in [1.29, 1.82) is 0 Å². The van der Waals surface area contributed by atoms with Gasteiger partial charge in [0.1, 0.15) is 0 Å². The lowest BCUT2D eigenvalue weighted by Crippen LogP contribution is -2.49. The molecule has 0 unspecified atom stereocenters. The van der Waals surface area contributed by atoms with Gasteiger partial charge in [0.25, 0.3) is 0 Å². The Labute approximate surface area is 97.6 Å². The topological polar surface area (TPSA) is 66.5 Å². The molecule has 0 saturated heterocycles. The van der Waals surface area contributed by atoms with Crippen LogP contribution in [-0.2, 0) is 14.8 Å². The molecule has 1 amide bonds. The highest BCUT2D eigenvalue weighted by molar-refractivity contribution is 7.88. The lowest BCUT2D eigenvalue weighted by molar-refractivity contribution is -0.121. The number of nitrogens with zero attached hydrogens (tertiary/aromatic N) is 1. The van der Waals surface area contributed by atoms with Gasteiger partial charge in [-0.25, -0.2) is 8.42 Å². The van der Waals surface area contributed by atoms with Crippen LogP contribution in [0.15, 0.2) is 12.7 Å². The molecule has 0 aromatic rings. The summed E-state index contributed by atoms with van der Waals surface area (Å²) in [4.78, 5) is 11.4. The first-order valence-electron chi connectivity index (χ1n) is 4.94. The minimum Gasteiger partial charge on any atom is -0.351 e. The Balaban J connectivity index is 4.71. The smallest absolute Gasteiger partial charge is 0.235 e. The van der Waals surface area contributed by atoms with E-state index in [1.54, 1.807) is 26.8 Å². The molecular weight excluding hydrogens is 228 g/mol. The molecule has 5 nitrogen and oxygen atoms in total. The van der Waals surface area contributed by atoms with Gasteiger partial charge in [0, 0.05) is 12.1 Å². The molecule has 0 fully saturated rings. The van der Waals surface area contributed by atoms with Crippen molar-refractivity contribution < 1.29 is 13.2 Å². The van der Waals surface area contributed by atoms with E-state index < -0.39 is 15.6 Å². The van der Waals surface area contributed by atoms with Crippen molar-refractivity contribution in [2.24, 2.45) is 0 Å². The summed E-state index contributed by atoms with van der Waals surface area (Å²) in [5, 5.41) is 2.54. The fraction of sp³-hybridized carbons (Fsp3) is 0.700. The van der Waals surface area contributed by atoms with Crippen LogP contribution >= 0.6 is 0 Å². The van der Waals surface area contributed by atoms with E-state index in [1.165, 1.54) is 4.31 Å². The molecule has 0 rings (SSSR count). The van der Waals surface area contributed by atoms with Crippen molar-refractivity contribution in [3.05, 3.63) is 12.7 Å². The predicted octanol–water partition coefficient (Wildman–Crippen LogP) is 0.349. The average molecular weight is 248 g/mol. The Kier molecular flexibility index (Phi) is 5.15. The van der Waals surface area contributed by atoms with Crippen molar-refractivity contribution in [3.8, 4) is 0 Å². The summed E-state index contributed by atoms with van der Waals surface area (Å²) < 4.78 is 24.2. The van der Waals surface area contributed by atoms with E-state index in [2.05, 4.69) is 11.9 Å². The van der Waals surface area contributed by atoms with Crippen molar-refractivity contribution in [1.82, 2.24) is 9.62 Å². The number of amides is 1. The maximum Gasteiger partial charge on any atom is 0.235 e. The molecule has 94 valence electrons. The van der Waals surface area contributed by atoms with E-state index >= 15 is 0 Å². The van der Waals surface area contributed by atoms with Crippen molar-refractivity contribution in [3.63, 3.8) is 0 Å². The number of carbonyl (C=O) groups is 1. The van der Waals surface area contributed by atoms with Crippen LogP contribution in [0.3, 0.4) is 0 Å². The largest absolute Gasteiger partial charge is 0.351 e. The molecule has 0 spiro atoms. The molecule has 0 atom stereocenters. The summed E-state index contributed by atoms with van der Waals surface area (Å²) in [7, 11) is -3.40. The minimum atomic E-state index is -3.40. The number of hydrogen-bond donors (Lipinski definition) is 1. The van der Waals surface area contributed by atoms with Crippen LogP contribution in [0, 0.1) is 0 Å². The Morgan fingerprint density at radius 3 is 2.25 bits per heavy atom. The van der Waals surface area contributed by atoms with E-state index in [-0.39, 0.29) is 12.5 Å². The van der Waals surface area contributed by atoms with Gasteiger partial charge < -0.3 is 5.32 Å². The molecule has 0 bridgehead atoms. The third-order valence-electron chi connectivity index (χ3n) is 1.88. The van der Waals surface area contributed by atoms with Crippen LogP contribution in [0.2, 0.25) is 0 Å². The summed E-state index contributed by atoms with van der Waals surface area (Å²) in [5.74, 6) is -0.333. The molecule has 16 heavy (non-hydrogen) atoms. The van der Waals surface area contributed by atoms with Gasteiger partial charge in [0.2, 0.25) is 15.9 Å². The van der Waals surface area contributed by atoms with Crippen LogP contribution in [0.4, 0.5) is 0 Å². The standard InChI is InChI=1S/C10H20N2O3S/c1-6-7-11-9(13)8-12(10(2,3)4)16(5,14)15/h6H,1,7-8H2,2-5H3,(H,11,13). The monoisotopic (exact) mass is 248 g/mol. The predicted molar refractivity (Wildman–Crippen MR) is 64.5 cm³/mol. The normalized spacial score (nSPS) is 12.6. The second kappa shape index (κ2) is 5.45. The Bertz CT molecular complexity index is 355. The summed E-state index contributed by atoms with van der Waals surface area (Å²) in [6.45, 7) is 8.86. The fourth-order valence-electron chi connectivity index (χ4n) is 1.22. The van der Waals surface area contributed by atoms with E-state index in [0.717, 1.165) is 6.26 Å². The Morgan fingerprint density at radius 2 is 1.94 bits per heavy atom. The highest BCUT2D eigenvalue weighted by Crippen LogP contribution is 2.16. The zero-order chi connectivity index (χ0) is 13.0. The Hall–Kier alpha value is -0.880. The molecule has 0 aromatic heterocycles. The van der Waals surface area contributed by atoms with Gasteiger partial charge in [-0.05, 0) is 20.8 Å². The highest BCUT2D eigenvalue weighted by atomic mass is 32.2.